The third-order valence-corrected chi connectivity index (χ3v) is 7.68. The number of ether oxygens (including phenoxy) is 2. The van der Waals surface area contributed by atoms with Crippen molar-refractivity contribution in [1.82, 2.24) is 9.88 Å². The molecule has 0 spiro atoms. The number of rotatable bonds is 7. The van der Waals surface area contributed by atoms with Crippen LogP contribution in [-0.2, 0) is 11.3 Å². The first-order chi connectivity index (χ1) is 16.0. The molecule has 174 valence electrons. The number of carboxylic acid groups (broad SMARTS) is 1. The summed E-state index contributed by atoms with van der Waals surface area (Å²) in [5.74, 6) is 1.30. The lowest BCUT2D eigenvalue weighted by atomic mass is 9.83. The number of piperidine rings is 1. The number of aromatic amines is 1. The first-order valence-electron chi connectivity index (χ1n) is 11.7. The largest absolute Gasteiger partial charge is 0.496 e. The summed E-state index contributed by atoms with van der Waals surface area (Å²) in [6.45, 7) is 3.88. The first kappa shape index (κ1) is 22.0. The van der Waals surface area contributed by atoms with Gasteiger partial charge in [-0.2, -0.15) is 0 Å². The molecule has 0 amide bonds. The van der Waals surface area contributed by atoms with Crippen molar-refractivity contribution in [3.63, 3.8) is 0 Å². The number of aromatic nitrogens is 1. The predicted molar refractivity (Wildman–Crippen MR) is 128 cm³/mol. The third-order valence-electron chi connectivity index (χ3n) is 7.68. The van der Waals surface area contributed by atoms with E-state index in [4.69, 9.17) is 9.47 Å². The van der Waals surface area contributed by atoms with E-state index in [-0.39, 0.29) is 6.04 Å². The van der Waals surface area contributed by atoms with E-state index < -0.39 is 5.97 Å². The van der Waals surface area contributed by atoms with Gasteiger partial charge in [0.25, 0.3) is 0 Å². The molecule has 6 nitrogen and oxygen atoms in total. The van der Waals surface area contributed by atoms with Crippen molar-refractivity contribution < 1.29 is 19.4 Å². The van der Waals surface area contributed by atoms with Gasteiger partial charge in [0, 0.05) is 42.4 Å². The fourth-order valence-corrected chi connectivity index (χ4v) is 5.75. The SMILES string of the molecule is COc1cc(C)c2[nH]ccc2c1CN1CC[C@H](C2C[C@@H]2OC)C[C@H]1c1ccc(C(=O)O)cc1. The summed E-state index contributed by atoms with van der Waals surface area (Å²) < 4.78 is 11.4. The number of methoxy groups -OCH3 is 2. The number of nitrogens with one attached hydrogen (secondary N) is 1. The first-order valence-corrected chi connectivity index (χ1v) is 11.7. The van der Waals surface area contributed by atoms with Gasteiger partial charge in [0.05, 0.1) is 18.8 Å². The molecule has 2 fully saturated rings. The molecule has 4 atom stereocenters. The van der Waals surface area contributed by atoms with Gasteiger partial charge >= 0.3 is 5.97 Å². The Bertz CT molecular complexity index is 1150. The van der Waals surface area contributed by atoms with E-state index in [1.54, 1.807) is 19.2 Å². The Morgan fingerprint density at radius 1 is 1.18 bits per heavy atom. The molecule has 2 heterocycles. The summed E-state index contributed by atoms with van der Waals surface area (Å²) in [6, 6.07) is 11.9. The van der Waals surface area contributed by atoms with Gasteiger partial charge in [-0.1, -0.05) is 12.1 Å². The van der Waals surface area contributed by atoms with Crippen LogP contribution in [0.15, 0.2) is 42.6 Å². The zero-order valence-electron chi connectivity index (χ0n) is 19.5. The molecule has 1 aliphatic heterocycles. The number of aromatic carboxylic acids is 1. The standard InChI is InChI=1S/C27H32N2O4/c1-16-12-24(32-2)22(20-8-10-28-26(16)20)15-29-11-9-19(21-14-25(21)33-3)13-23(29)17-4-6-18(7-5-17)27(30)31/h4-8,10,12,19,21,23,25,28H,9,11,13-15H2,1-3H3,(H,30,31)/t19-,21?,23-,25-/m0/s1. The van der Waals surface area contributed by atoms with Crippen LogP contribution < -0.4 is 4.74 Å². The van der Waals surface area contributed by atoms with Crippen LogP contribution >= 0.6 is 0 Å². The van der Waals surface area contributed by atoms with Crippen LogP contribution in [0.1, 0.15) is 52.4 Å². The number of fused-ring (bicyclic) bond motifs is 1. The molecule has 1 unspecified atom stereocenters. The highest BCUT2D eigenvalue weighted by atomic mass is 16.5. The Morgan fingerprint density at radius 2 is 1.97 bits per heavy atom. The molecule has 2 N–H and O–H groups in total. The summed E-state index contributed by atoms with van der Waals surface area (Å²) in [6.07, 6.45) is 5.75. The quantitative estimate of drug-likeness (QED) is 0.522. The number of nitrogens with zero attached hydrogens (tertiary/aromatic N) is 1. The van der Waals surface area contributed by atoms with Crippen LogP contribution in [0.3, 0.4) is 0 Å². The Hall–Kier alpha value is -2.83. The van der Waals surface area contributed by atoms with E-state index in [2.05, 4.69) is 28.9 Å². The number of hydrogen-bond acceptors (Lipinski definition) is 4. The van der Waals surface area contributed by atoms with Gasteiger partial charge in [0.2, 0.25) is 0 Å². The molecule has 2 aliphatic rings. The van der Waals surface area contributed by atoms with E-state index >= 15 is 0 Å². The summed E-state index contributed by atoms with van der Waals surface area (Å²) in [7, 11) is 3.55. The Morgan fingerprint density at radius 3 is 2.64 bits per heavy atom. The van der Waals surface area contributed by atoms with E-state index in [0.29, 0.717) is 23.5 Å². The fourth-order valence-electron chi connectivity index (χ4n) is 5.75. The molecule has 1 aliphatic carbocycles. The van der Waals surface area contributed by atoms with E-state index in [9.17, 15) is 9.90 Å². The van der Waals surface area contributed by atoms with E-state index in [1.807, 2.05) is 25.4 Å². The van der Waals surface area contributed by atoms with Crippen LogP contribution in [0.2, 0.25) is 0 Å². The second kappa shape index (κ2) is 8.84. The highest BCUT2D eigenvalue weighted by Crippen LogP contribution is 2.48. The minimum Gasteiger partial charge on any atom is -0.496 e. The molecule has 1 aromatic heterocycles. The number of likely N-dealkylation sites (tertiary alicyclic amines) is 1. The normalized spacial score (nSPS) is 25.3. The molecule has 1 saturated carbocycles. The van der Waals surface area contributed by atoms with Crippen molar-refractivity contribution in [3.05, 3.63) is 64.8 Å². The lowest BCUT2D eigenvalue weighted by Gasteiger charge is -2.40. The fraction of sp³-hybridized carbons (Fsp3) is 0.444. The number of hydrogen-bond donors (Lipinski definition) is 2. The zero-order valence-corrected chi connectivity index (χ0v) is 19.5. The van der Waals surface area contributed by atoms with E-state index in [0.717, 1.165) is 43.6 Å². The maximum Gasteiger partial charge on any atom is 0.335 e. The summed E-state index contributed by atoms with van der Waals surface area (Å²) in [5, 5.41) is 10.5. The molecule has 33 heavy (non-hydrogen) atoms. The number of H-pyrrole nitrogens is 1. The van der Waals surface area contributed by atoms with E-state index in [1.165, 1.54) is 22.1 Å². The zero-order chi connectivity index (χ0) is 23.1. The lowest BCUT2D eigenvalue weighted by molar-refractivity contribution is 0.0695. The minimum atomic E-state index is -0.889. The molecule has 1 saturated heterocycles. The van der Waals surface area contributed by atoms with Crippen molar-refractivity contribution >= 4 is 16.9 Å². The molecule has 0 radical (unpaired) electrons. The van der Waals surface area contributed by atoms with Crippen LogP contribution in [0.25, 0.3) is 10.9 Å². The van der Waals surface area contributed by atoms with Crippen LogP contribution in [0.5, 0.6) is 5.75 Å². The van der Waals surface area contributed by atoms with Gasteiger partial charge in [0.1, 0.15) is 5.75 Å². The van der Waals surface area contributed by atoms with Crippen molar-refractivity contribution in [3.8, 4) is 5.75 Å². The minimum absolute atomic E-state index is 0.227. The lowest BCUT2D eigenvalue weighted by Crippen LogP contribution is -2.37. The molecule has 5 rings (SSSR count). The van der Waals surface area contributed by atoms with Gasteiger partial charge in [-0.05, 0) is 80.0 Å². The van der Waals surface area contributed by atoms with Gasteiger partial charge < -0.3 is 19.6 Å². The molecule has 2 aromatic carbocycles. The highest BCUT2D eigenvalue weighted by molar-refractivity contribution is 5.88. The Balaban J connectivity index is 1.47. The number of benzene rings is 2. The summed E-state index contributed by atoms with van der Waals surface area (Å²) in [5.41, 5.74) is 5.04. The average molecular weight is 449 g/mol. The van der Waals surface area contributed by atoms with Crippen LogP contribution in [-0.4, -0.2) is 47.8 Å². The van der Waals surface area contributed by atoms with Gasteiger partial charge in [-0.3, -0.25) is 4.90 Å². The highest BCUT2D eigenvalue weighted by Gasteiger charge is 2.46. The summed E-state index contributed by atoms with van der Waals surface area (Å²) in [4.78, 5) is 17.3. The Kier molecular flexibility index (Phi) is 5.89. The maximum absolute atomic E-state index is 11.4. The predicted octanol–water partition coefficient (Wildman–Crippen LogP) is 5.17. The molecule has 3 aromatic rings. The van der Waals surface area contributed by atoms with Gasteiger partial charge in [-0.25, -0.2) is 4.79 Å². The molecular weight excluding hydrogens is 416 g/mol. The monoisotopic (exact) mass is 448 g/mol. The van der Waals surface area contributed by atoms with Crippen LogP contribution in [0.4, 0.5) is 0 Å². The van der Waals surface area contributed by atoms with Gasteiger partial charge in [0.15, 0.2) is 0 Å². The Labute approximate surface area is 194 Å². The van der Waals surface area contributed by atoms with Crippen molar-refractivity contribution in [2.24, 2.45) is 11.8 Å². The maximum atomic E-state index is 11.4. The topological polar surface area (TPSA) is 74.8 Å². The van der Waals surface area contributed by atoms with Crippen molar-refractivity contribution in [1.29, 1.82) is 0 Å². The van der Waals surface area contributed by atoms with Crippen molar-refractivity contribution in [2.45, 2.75) is 44.9 Å². The molecule has 6 heteroatoms. The van der Waals surface area contributed by atoms with Gasteiger partial charge in [-0.15, -0.1) is 0 Å². The molecule has 0 bridgehead atoms. The molecular formula is C27H32N2O4. The van der Waals surface area contributed by atoms with Crippen LogP contribution in [0, 0.1) is 18.8 Å². The smallest absolute Gasteiger partial charge is 0.335 e. The number of carboxylic acids is 1. The number of carbonyl (C=O) groups is 1. The number of aryl methyl sites for hydroxylation is 1. The average Bonchev–Trinajstić information content (AvgIpc) is 3.46. The second-order valence-electron chi connectivity index (χ2n) is 9.51. The third kappa shape index (κ3) is 4.13. The van der Waals surface area contributed by atoms with Crippen molar-refractivity contribution in [2.75, 3.05) is 20.8 Å². The summed E-state index contributed by atoms with van der Waals surface area (Å²) >= 11 is 0. The second-order valence-corrected chi connectivity index (χ2v) is 9.51.